The van der Waals surface area contributed by atoms with E-state index in [1.165, 1.54) is 6.20 Å². The molecule has 2 amide bonds. The molecule has 0 saturated heterocycles. The molecule has 0 bridgehead atoms. The summed E-state index contributed by atoms with van der Waals surface area (Å²) in [6, 6.07) is 3.88. The molecule has 1 fully saturated rings. The van der Waals surface area contributed by atoms with Gasteiger partial charge in [-0.1, -0.05) is 12.5 Å². The lowest BCUT2D eigenvalue weighted by molar-refractivity contribution is -0.121. The molecular formula is C20H25N5O3. The molecule has 8 heteroatoms. The van der Waals surface area contributed by atoms with Gasteiger partial charge in [0.2, 0.25) is 5.91 Å². The van der Waals surface area contributed by atoms with Gasteiger partial charge < -0.3 is 15.6 Å². The monoisotopic (exact) mass is 383 g/mol. The molecule has 0 radical (unpaired) electrons. The summed E-state index contributed by atoms with van der Waals surface area (Å²) in [5.74, 6) is 0.0831. The number of H-pyrrole nitrogens is 1. The molecule has 28 heavy (non-hydrogen) atoms. The first-order chi connectivity index (χ1) is 13.6. The lowest BCUT2D eigenvalue weighted by Crippen LogP contribution is -2.41. The van der Waals surface area contributed by atoms with Crippen molar-refractivity contribution in [2.75, 3.05) is 6.54 Å². The Morgan fingerprint density at radius 1 is 1.25 bits per heavy atom. The quantitative estimate of drug-likeness (QED) is 0.664. The Labute approximate surface area is 163 Å². The maximum Gasteiger partial charge on any atom is 0.271 e. The van der Waals surface area contributed by atoms with Gasteiger partial charge in [-0.15, -0.1) is 0 Å². The van der Waals surface area contributed by atoms with Crippen LogP contribution in [0.3, 0.4) is 0 Å². The normalized spacial score (nSPS) is 19.0. The first-order valence-electron chi connectivity index (χ1n) is 9.61. The van der Waals surface area contributed by atoms with Gasteiger partial charge in [0.15, 0.2) is 0 Å². The molecular weight excluding hydrogens is 358 g/mol. The van der Waals surface area contributed by atoms with E-state index in [9.17, 15) is 14.4 Å². The third-order valence-electron chi connectivity index (χ3n) is 4.97. The number of aryl methyl sites for hydroxylation is 1. The summed E-state index contributed by atoms with van der Waals surface area (Å²) in [7, 11) is 0. The zero-order valence-electron chi connectivity index (χ0n) is 15.7. The smallest absolute Gasteiger partial charge is 0.271 e. The highest BCUT2D eigenvalue weighted by molar-refractivity contribution is 5.92. The van der Waals surface area contributed by atoms with Crippen LogP contribution in [0, 0.1) is 5.92 Å². The number of nitrogens with one attached hydrogen (secondary N) is 3. The van der Waals surface area contributed by atoms with E-state index in [0.29, 0.717) is 25.3 Å². The predicted octanol–water partition coefficient (Wildman–Crippen LogP) is 1.20. The lowest BCUT2D eigenvalue weighted by Gasteiger charge is -2.29. The predicted molar refractivity (Wildman–Crippen MR) is 104 cm³/mol. The number of aromatic nitrogens is 3. The van der Waals surface area contributed by atoms with Gasteiger partial charge in [-0.25, -0.2) is 4.98 Å². The Kier molecular flexibility index (Phi) is 6.89. The molecule has 0 aliphatic heterocycles. The zero-order valence-corrected chi connectivity index (χ0v) is 15.7. The second-order valence-electron chi connectivity index (χ2n) is 7.16. The van der Waals surface area contributed by atoms with Gasteiger partial charge in [-0.3, -0.25) is 19.4 Å². The topological polar surface area (TPSA) is 117 Å². The van der Waals surface area contributed by atoms with Crippen LogP contribution in [0.25, 0.3) is 0 Å². The van der Waals surface area contributed by atoms with Crippen LogP contribution in [-0.4, -0.2) is 39.4 Å². The number of aromatic amines is 1. The van der Waals surface area contributed by atoms with Crippen molar-refractivity contribution in [1.29, 1.82) is 0 Å². The maximum absolute atomic E-state index is 12.2. The molecule has 1 saturated carbocycles. The number of rotatable bonds is 7. The second-order valence-corrected chi connectivity index (χ2v) is 7.16. The van der Waals surface area contributed by atoms with E-state index >= 15 is 0 Å². The fraction of sp³-hybridized carbons (Fsp3) is 0.450. The maximum atomic E-state index is 12.2. The molecule has 0 aromatic carbocycles. The summed E-state index contributed by atoms with van der Waals surface area (Å²) in [5, 5.41) is 5.99. The van der Waals surface area contributed by atoms with Gasteiger partial charge in [0, 0.05) is 37.6 Å². The van der Waals surface area contributed by atoms with Crippen LogP contribution in [0.2, 0.25) is 0 Å². The van der Waals surface area contributed by atoms with E-state index in [2.05, 4.69) is 25.6 Å². The largest absolute Gasteiger partial charge is 0.356 e. The van der Waals surface area contributed by atoms with Crippen molar-refractivity contribution in [3.8, 4) is 0 Å². The number of pyridine rings is 1. The summed E-state index contributed by atoms with van der Waals surface area (Å²) in [6.07, 6.45) is 10.8. The number of hydrogen-bond donors (Lipinski definition) is 3. The van der Waals surface area contributed by atoms with Crippen LogP contribution in [0.15, 0.2) is 41.7 Å². The minimum atomic E-state index is -0.339. The first kappa shape index (κ1) is 19.7. The number of amides is 2. The molecule has 8 nitrogen and oxygen atoms in total. The van der Waals surface area contributed by atoms with Crippen LogP contribution in [0.5, 0.6) is 0 Å². The van der Waals surface area contributed by atoms with Crippen molar-refractivity contribution in [3.63, 3.8) is 0 Å². The molecule has 0 spiro atoms. The zero-order chi connectivity index (χ0) is 19.8. The van der Waals surface area contributed by atoms with Crippen LogP contribution < -0.4 is 16.2 Å². The molecule has 3 rings (SSSR count). The Hall–Kier alpha value is -3.03. The third-order valence-corrected chi connectivity index (χ3v) is 4.97. The fourth-order valence-corrected chi connectivity index (χ4v) is 3.48. The number of hydrogen-bond acceptors (Lipinski definition) is 5. The highest BCUT2D eigenvalue weighted by atomic mass is 16.2. The average Bonchev–Trinajstić information content (AvgIpc) is 2.72. The lowest BCUT2D eigenvalue weighted by atomic mass is 9.85. The van der Waals surface area contributed by atoms with Crippen molar-refractivity contribution in [1.82, 2.24) is 25.6 Å². The molecule has 0 unspecified atom stereocenters. The minimum Gasteiger partial charge on any atom is -0.356 e. The molecule has 2 aromatic rings. The van der Waals surface area contributed by atoms with E-state index in [1.54, 1.807) is 12.4 Å². The van der Waals surface area contributed by atoms with E-state index in [0.717, 1.165) is 37.4 Å². The van der Waals surface area contributed by atoms with Crippen LogP contribution >= 0.6 is 0 Å². The van der Waals surface area contributed by atoms with Crippen LogP contribution in [-0.2, 0) is 11.2 Å². The summed E-state index contributed by atoms with van der Waals surface area (Å²) in [6.45, 7) is 0.620. The Bertz CT molecular complexity index is 832. The summed E-state index contributed by atoms with van der Waals surface area (Å²) in [4.78, 5) is 45.7. The minimum absolute atomic E-state index is 0.0347. The van der Waals surface area contributed by atoms with Gasteiger partial charge in [-0.05, 0) is 43.2 Å². The van der Waals surface area contributed by atoms with Gasteiger partial charge >= 0.3 is 0 Å². The number of nitrogens with zero attached hydrogens (tertiary/aromatic N) is 2. The van der Waals surface area contributed by atoms with Gasteiger partial charge in [0.05, 0.1) is 6.20 Å². The Morgan fingerprint density at radius 3 is 2.89 bits per heavy atom. The molecule has 2 aromatic heterocycles. The molecule has 3 N–H and O–H groups in total. The van der Waals surface area contributed by atoms with Crippen LogP contribution in [0.1, 0.15) is 48.2 Å². The van der Waals surface area contributed by atoms with Gasteiger partial charge in [-0.2, -0.15) is 0 Å². The molecule has 148 valence electrons. The number of carbonyl (C=O) groups excluding carboxylic acids is 2. The van der Waals surface area contributed by atoms with Crippen molar-refractivity contribution >= 4 is 11.8 Å². The summed E-state index contributed by atoms with van der Waals surface area (Å²) < 4.78 is 0. The highest BCUT2D eigenvalue weighted by Gasteiger charge is 2.24. The van der Waals surface area contributed by atoms with E-state index < -0.39 is 0 Å². The van der Waals surface area contributed by atoms with Gasteiger partial charge in [0.25, 0.3) is 11.5 Å². The molecule has 2 heterocycles. The van der Waals surface area contributed by atoms with E-state index in [4.69, 9.17) is 0 Å². The van der Waals surface area contributed by atoms with Crippen molar-refractivity contribution in [2.24, 2.45) is 5.92 Å². The van der Waals surface area contributed by atoms with E-state index in [1.807, 2.05) is 12.1 Å². The Balaban J connectivity index is 1.40. The van der Waals surface area contributed by atoms with Crippen molar-refractivity contribution in [2.45, 2.75) is 44.6 Å². The van der Waals surface area contributed by atoms with Crippen molar-refractivity contribution < 1.29 is 9.59 Å². The summed E-state index contributed by atoms with van der Waals surface area (Å²) >= 11 is 0. The summed E-state index contributed by atoms with van der Waals surface area (Å²) in [5.41, 5.74) is 0.910. The fourth-order valence-electron chi connectivity index (χ4n) is 3.48. The second kappa shape index (κ2) is 9.77. The average molecular weight is 383 g/mol. The first-order valence-corrected chi connectivity index (χ1v) is 9.61. The van der Waals surface area contributed by atoms with Crippen molar-refractivity contribution in [3.05, 3.63) is 58.5 Å². The van der Waals surface area contributed by atoms with Crippen LogP contribution in [0.4, 0.5) is 0 Å². The standard InChI is InChI=1S/C20H25N5O3/c26-18(7-6-14-4-2-8-21-10-14)23-11-15-3-1-5-16(9-15)25-20(28)17-12-24-19(27)13-22-17/h2,4,8,10,12-13,15-16H,1,3,5-7,9,11H2,(H,23,26)(H,24,27)(H,25,28)/t15-,16+/m1/s1. The molecule has 2 atom stereocenters. The van der Waals surface area contributed by atoms with Gasteiger partial charge in [0.1, 0.15) is 5.69 Å². The highest BCUT2D eigenvalue weighted by Crippen LogP contribution is 2.24. The third kappa shape index (κ3) is 6.00. The Morgan fingerprint density at radius 2 is 2.14 bits per heavy atom. The van der Waals surface area contributed by atoms with E-state index in [-0.39, 0.29) is 29.1 Å². The number of carbonyl (C=O) groups is 2. The molecule has 1 aliphatic rings. The molecule has 1 aliphatic carbocycles. The SMILES string of the molecule is O=C(CCc1cccnc1)NC[C@@H]1CCC[C@H](NC(=O)c2c[nH]c(=O)cn2)C1.